The summed E-state index contributed by atoms with van der Waals surface area (Å²) in [6.45, 7) is 3.59. The second kappa shape index (κ2) is 5.79. The van der Waals surface area contributed by atoms with Crippen LogP contribution in [0.15, 0.2) is 12.7 Å². The van der Waals surface area contributed by atoms with Crippen molar-refractivity contribution in [3.8, 4) is 0 Å². The summed E-state index contributed by atoms with van der Waals surface area (Å²) in [7, 11) is 3.27. The minimum absolute atomic E-state index is 0.0667. The molecule has 0 heterocycles. The van der Waals surface area contributed by atoms with Crippen molar-refractivity contribution >= 4 is 0 Å². The number of hydrogen-bond acceptors (Lipinski definition) is 2. The molecule has 0 aromatic carbocycles. The smallest absolute Gasteiger partial charge is 0.157 e. The van der Waals surface area contributed by atoms with Gasteiger partial charge in [0.05, 0.1) is 0 Å². The van der Waals surface area contributed by atoms with E-state index in [4.69, 9.17) is 9.47 Å². The fourth-order valence-corrected chi connectivity index (χ4v) is 0.586. The van der Waals surface area contributed by atoms with Crippen molar-refractivity contribution in [1.29, 1.82) is 0 Å². The number of rotatable bonds is 5. The summed E-state index contributed by atoms with van der Waals surface area (Å²) in [5, 5.41) is 0. The maximum absolute atomic E-state index is 4.93. The molecule has 54 valence electrons. The fourth-order valence-electron chi connectivity index (χ4n) is 0.586. The molecular formula is C7H14O2. The predicted octanol–water partition coefficient (Wildman–Crippen LogP) is 1.57. The van der Waals surface area contributed by atoms with Crippen LogP contribution in [0.4, 0.5) is 0 Å². The lowest BCUT2D eigenvalue weighted by Crippen LogP contribution is -2.11. The highest BCUT2D eigenvalue weighted by atomic mass is 16.7. The minimum Gasteiger partial charge on any atom is -0.356 e. The zero-order chi connectivity index (χ0) is 7.11. The summed E-state index contributed by atoms with van der Waals surface area (Å²) in [6.07, 6.45) is 3.61. The maximum Gasteiger partial charge on any atom is 0.157 e. The largest absolute Gasteiger partial charge is 0.356 e. The molecule has 0 saturated carbocycles. The number of methoxy groups -OCH3 is 2. The maximum atomic E-state index is 4.93. The van der Waals surface area contributed by atoms with E-state index in [1.54, 1.807) is 14.2 Å². The van der Waals surface area contributed by atoms with Gasteiger partial charge in [0.2, 0.25) is 0 Å². The van der Waals surface area contributed by atoms with Crippen LogP contribution in [0, 0.1) is 0 Å². The summed E-state index contributed by atoms with van der Waals surface area (Å²) in [4.78, 5) is 0. The average Bonchev–Trinajstić information content (AvgIpc) is 1.91. The second-order valence-electron chi connectivity index (χ2n) is 1.77. The summed E-state index contributed by atoms with van der Waals surface area (Å²) in [5.74, 6) is 0. The summed E-state index contributed by atoms with van der Waals surface area (Å²) in [5.41, 5.74) is 0. The van der Waals surface area contributed by atoms with Gasteiger partial charge < -0.3 is 9.47 Å². The van der Waals surface area contributed by atoms with E-state index in [0.717, 1.165) is 12.8 Å². The van der Waals surface area contributed by atoms with Crippen molar-refractivity contribution in [3.05, 3.63) is 12.7 Å². The van der Waals surface area contributed by atoms with E-state index in [1.807, 2.05) is 6.08 Å². The van der Waals surface area contributed by atoms with E-state index in [0.29, 0.717) is 0 Å². The third-order valence-electron chi connectivity index (χ3n) is 1.13. The molecule has 0 radical (unpaired) electrons. The molecule has 0 aromatic heterocycles. The van der Waals surface area contributed by atoms with E-state index >= 15 is 0 Å². The van der Waals surface area contributed by atoms with Crippen molar-refractivity contribution in [2.75, 3.05) is 14.2 Å². The molecule has 0 unspecified atom stereocenters. The Morgan fingerprint density at radius 1 is 1.44 bits per heavy atom. The molecule has 0 bridgehead atoms. The van der Waals surface area contributed by atoms with Crippen LogP contribution in [0.1, 0.15) is 12.8 Å². The Hall–Kier alpha value is -0.340. The molecule has 9 heavy (non-hydrogen) atoms. The normalized spacial score (nSPS) is 10.1. The molecule has 0 aliphatic carbocycles. The van der Waals surface area contributed by atoms with Gasteiger partial charge in [-0.25, -0.2) is 0 Å². The number of allylic oxidation sites excluding steroid dienone is 1. The molecule has 0 spiro atoms. The first-order chi connectivity index (χ1) is 4.35. The van der Waals surface area contributed by atoms with Gasteiger partial charge in [0, 0.05) is 20.6 Å². The quantitative estimate of drug-likeness (QED) is 0.415. The summed E-state index contributed by atoms with van der Waals surface area (Å²) >= 11 is 0. The van der Waals surface area contributed by atoms with Crippen molar-refractivity contribution in [3.63, 3.8) is 0 Å². The zero-order valence-electron chi connectivity index (χ0n) is 6.09. The molecule has 0 amide bonds. The molecule has 0 aliphatic rings. The highest BCUT2D eigenvalue weighted by Crippen LogP contribution is 2.00. The Morgan fingerprint density at radius 3 is 2.33 bits per heavy atom. The zero-order valence-corrected chi connectivity index (χ0v) is 6.09. The summed E-state index contributed by atoms with van der Waals surface area (Å²) < 4.78 is 9.86. The van der Waals surface area contributed by atoms with Crippen LogP contribution in [-0.4, -0.2) is 20.5 Å². The molecular weight excluding hydrogens is 116 g/mol. The monoisotopic (exact) mass is 130 g/mol. The lowest BCUT2D eigenvalue weighted by atomic mass is 10.3. The SMILES string of the molecule is C=CCCC(OC)OC. The minimum atomic E-state index is -0.0667. The first-order valence-electron chi connectivity index (χ1n) is 3.01. The number of hydrogen-bond donors (Lipinski definition) is 0. The summed E-state index contributed by atoms with van der Waals surface area (Å²) in [6, 6.07) is 0. The van der Waals surface area contributed by atoms with Gasteiger partial charge in [0.15, 0.2) is 6.29 Å². The molecule has 0 aliphatic heterocycles. The van der Waals surface area contributed by atoms with Gasteiger partial charge in [0.1, 0.15) is 0 Å². The van der Waals surface area contributed by atoms with E-state index in [-0.39, 0.29) is 6.29 Å². The van der Waals surface area contributed by atoms with Crippen molar-refractivity contribution in [1.82, 2.24) is 0 Å². The van der Waals surface area contributed by atoms with Crippen LogP contribution in [0.25, 0.3) is 0 Å². The topological polar surface area (TPSA) is 18.5 Å². The van der Waals surface area contributed by atoms with Gasteiger partial charge in [-0.1, -0.05) is 6.08 Å². The predicted molar refractivity (Wildman–Crippen MR) is 37.2 cm³/mol. The lowest BCUT2D eigenvalue weighted by Gasteiger charge is -2.10. The Kier molecular flexibility index (Phi) is 5.57. The van der Waals surface area contributed by atoms with Gasteiger partial charge in [-0.2, -0.15) is 0 Å². The third-order valence-corrected chi connectivity index (χ3v) is 1.13. The van der Waals surface area contributed by atoms with Crippen molar-refractivity contribution in [2.24, 2.45) is 0 Å². The fraction of sp³-hybridized carbons (Fsp3) is 0.714. The van der Waals surface area contributed by atoms with Crippen LogP contribution in [-0.2, 0) is 9.47 Å². The van der Waals surface area contributed by atoms with Gasteiger partial charge >= 0.3 is 0 Å². The van der Waals surface area contributed by atoms with E-state index in [1.165, 1.54) is 0 Å². The molecule has 0 atom stereocenters. The van der Waals surface area contributed by atoms with Crippen molar-refractivity contribution in [2.45, 2.75) is 19.1 Å². The van der Waals surface area contributed by atoms with Crippen LogP contribution in [0.5, 0.6) is 0 Å². The molecule has 0 N–H and O–H groups in total. The Labute approximate surface area is 56.5 Å². The van der Waals surface area contributed by atoms with E-state index in [2.05, 4.69) is 6.58 Å². The van der Waals surface area contributed by atoms with Gasteiger partial charge in [-0.3, -0.25) is 0 Å². The molecule has 0 saturated heterocycles. The van der Waals surface area contributed by atoms with Crippen LogP contribution in [0.3, 0.4) is 0 Å². The second-order valence-corrected chi connectivity index (χ2v) is 1.77. The highest BCUT2D eigenvalue weighted by molar-refractivity contribution is 4.66. The number of ether oxygens (including phenoxy) is 2. The van der Waals surface area contributed by atoms with Gasteiger partial charge in [-0.15, -0.1) is 6.58 Å². The van der Waals surface area contributed by atoms with Crippen LogP contribution < -0.4 is 0 Å². The average molecular weight is 130 g/mol. The highest BCUT2D eigenvalue weighted by Gasteiger charge is 2.00. The Balaban J connectivity index is 3.19. The molecule has 0 aromatic rings. The molecule has 2 nitrogen and oxygen atoms in total. The standard InChI is InChI=1S/C7H14O2/c1-4-5-6-7(8-2)9-3/h4,7H,1,5-6H2,2-3H3. The van der Waals surface area contributed by atoms with Crippen LogP contribution in [0.2, 0.25) is 0 Å². The van der Waals surface area contributed by atoms with E-state index in [9.17, 15) is 0 Å². The molecule has 0 fully saturated rings. The van der Waals surface area contributed by atoms with Gasteiger partial charge in [-0.05, 0) is 6.42 Å². The Bertz CT molecular complexity index is 67.3. The van der Waals surface area contributed by atoms with Crippen molar-refractivity contribution < 1.29 is 9.47 Å². The molecule has 0 rings (SSSR count). The molecule has 2 heteroatoms. The lowest BCUT2D eigenvalue weighted by molar-refractivity contribution is -0.105. The van der Waals surface area contributed by atoms with Gasteiger partial charge in [0.25, 0.3) is 0 Å². The van der Waals surface area contributed by atoms with Crippen LogP contribution >= 0.6 is 0 Å². The first-order valence-corrected chi connectivity index (χ1v) is 3.01. The first kappa shape index (κ1) is 8.66. The third kappa shape index (κ3) is 4.18. The van der Waals surface area contributed by atoms with E-state index < -0.39 is 0 Å². The Morgan fingerprint density at radius 2 is 2.00 bits per heavy atom.